The van der Waals surface area contributed by atoms with Crippen molar-refractivity contribution >= 4 is 7.26 Å². The van der Waals surface area contributed by atoms with Crippen molar-refractivity contribution in [1.82, 2.24) is 0 Å². The molecule has 3 aliphatic carbocycles. The van der Waals surface area contributed by atoms with E-state index in [0.29, 0.717) is 0 Å². The smallest absolute Gasteiger partial charge is 0.0622 e. The number of benzene rings is 1. The van der Waals surface area contributed by atoms with Crippen LogP contribution in [0.25, 0.3) is 0 Å². The summed E-state index contributed by atoms with van der Waals surface area (Å²) in [6.07, 6.45) is 22.2. The third-order valence-electron chi connectivity index (χ3n) is 7.70. The monoisotopic (exact) mass is 578 g/mol. The van der Waals surface area contributed by atoms with Crippen LogP contribution in [-0.4, -0.2) is 17.0 Å². The predicted octanol–water partition coefficient (Wildman–Crippen LogP) is 8.01. The minimum absolute atomic E-state index is 0. The molecule has 3 fully saturated rings. The van der Waals surface area contributed by atoms with Crippen molar-refractivity contribution in [2.24, 2.45) is 0 Å². The Morgan fingerprint density at radius 2 is 0.964 bits per heavy atom. The van der Waals surface area contributed by atoms with E-state index in [1.54, 1.807) is 0 Å². The van der Waals surface area contributed by atoms with E-state index in [0.717, 1.165) is 17.0 Å². The molecule has 3 saturated carbocycles. The molecule has 0 unspecified atom stereocenters. The fraction of sp³-hybridized carbons (Fsp3) is 0.692. The number of rotatable bonds is 3. The maximum Gasteiger partial charge on any atom is 0.101 e. The quantitative estimate of drug-likeness (QED) is 0.194. The van der Waals surface area contributed by atoms with E-state index in [4.69, 9.17) is 0 Å². The van der Waals surface area contributed by atoms with Crippen LogP contribution in [0.1, 0.15) is 102 Å². The van der Waals surface area contributed by atoms with Gasteiger partial charge in [0.05, 0.1) is 22.6 Å². The van der Waals surface area contributed by atoms with Gasteiger partial charge >= 0.3 is 0 Å². The standard InChI is InChI=1S/C26H38P.Au/c1-5-13-23(14-6-1)21-22-27(24-15-7-2-8-16-24,25-17-9-3-10-18-25)26-19-11-4-12-20-26;/h1,5-6,13-14,24-26H,2-4,7-12,15-20H2;/q+1;. The SMILES string of the molecule is C(#C[P+](C1CCCCC1)(C1CCCCC1)C1CCCCC1)c1ccccc1.[Au]. The summed E-state index contributed by atoms with van der Waals surface area (Å²) in [7, 11) is -1.25. The van der Waals surface area contributed by atoms with Crippen molar-refractivity contribution in [3.63, 3.8) is 0 Å². The van der Waals surface area contributed by atoms with Crippen LogP contribution in [0.15, 0.2) is 30.3 Å². The summed E-state index contributed by atoms with van der Waals surface area (Å²) in [6, 6.07) is 10.9. The zero-order chi connectivity index (χ0) is 18.4. The largest absolute Gasteiger partial charge is 0.101 e. The number of hydrogen-bond donors (Lipinski definition) is 0. The molecule has 0 bridgehead atoms. The molecular weight excluding hydrogens is 540 g/mol. The third-order valence-corrected chi connectivity index (χ3v) is 13.4. The van der Waals surface area contributed by atoms with Crippen LogP contribution >= 0.6 is 7.26 Å². The summed E-state index contributed by atoms with van der Waals surface area (Å²) in [5.41, 5.74) is 8.37. The molecule has 0 amide bonds. The molecule has 0 aliphatic heterocycles. The van der Waals surface area contributed by atoms with Gasteiger partial charge in [0.2, 0.25) is 0 Å². The molecule has 157 valence electrons. The van der Waals surface area contributed by atoms with Gasteiger partial charge in [0.1, 0.15) is 7.26 Å². The van der Waals surface area contributed by atoms with Gasteiger partial charge < -0.3 is 0 Å². The number of hydrogen-bond acceptors (Lipinski definition) is 0. The van der Waals surface area contributed by atoms with Crippen molar-refractivity contribution in [3.05, 3.63) is 35.9 Å². The molecule has 0 nitrogen and oxygen atoms in total. The summed E-state index contributed by atoms with van der Waals surface area (Å²) >= 11 is 0. The van der Waals surface area contributed by atoms with Gasteiger partial charge in [-0.1, -0.05) is 37.5 Å². The fourth-order valence-electron chi connectivity index (χ4n) is 6.38. The molecule has 3 aliphatic rings. The van der Waals surface area contributed by atoms with E-state index >= 15 is 0 Å². The Balaban J connectivity index is 0.00000225. The summed E-state index contributed by atoms with van der Waals surface area (Å²) in [5, 5.41) is 0. The van der Waals surface area contributed by atoms with Gasteiger partial charge in [0, 0.05) is 27.9 Å². The van der Waals surface area contributed by atoms with Crippen LogP contribution in [0, 0.1) is 11.6 Å². The van der Waals surface area contributed by atoms with Crippen molar-refractivity contribution < 1.29 is 22.4 Å². The van der Waals surface area contributed by atoms with Gasteiger partial charge in [-0.05, 0) is 95.1 Å². The first-order valence-electron chi connectivity index (χ1n) is 11.9. The Morgan fingerprint density at radius 1 is 0.571 bits per heavy atom. The average molecular weight is 579 g/mol. The van der Waals surface area contributed by atoms with Crippen LogP contribution in [0.2, 0.25) is 0 Å². The van der Waals surface area contributed by atoms with Crippen LogP contribution in [0.3, 0.4) is 0 Å². The molecule has 0 saturated heterocycles. The molecule has 0 aromatic heterocycles. The van der Waals surface area contributed by atoms with E-state index in [-0.39, 0.29) is 22.4 Å². The summed E-state index contributed by atoms with van der Waals surface area (Å²) in [6.45, 7) is 0. The first kappa shape index (κ1) is 22.6. The Hall–Kier alpha value is -0.0497. The molecule has 0 atom stereocenters. The maximum absolute atomic E-state index is 4.22. The topological polar surface area (TPSA) is 0 Å². The van der Waals surface area contributed by atoms with Gasteiger partial charge in [0.25, 0.3) is 0 Å². The molecule has 0 heterocycles. The summed E-state index contributed by atoms with van der Waals surface area (Å²) in [5.74, 6) is 3.78. The Bertz CT molecular complexity index is 580. The fourth-order valence-corrected chi connectivity index (χ4v) is 12.7. The molecule has 28 heavy (non-hydrogen) atoms. The van der Waals surface area contributed by atoms with Gasteiger partial charge in [0.15, 0.2) is 0 Å². The van der Waals surface area contributed by atoms with E-state index in [1.165, 1.54) is 102 Å². The van der Waals surface area contributed by atoms with E-state index in [2.05, 4.69) is 41.9 Å². The second kappa shape index (κ2) is 11.4. The van der Waals surface area contributed by atoms with Gasteiger partial charge in [-0.3, -0.25) is 0 Å². The third kappa shape index (κ3) is 5.16. The normalized spacial score (nSPS) is 22.7. The molecule has 1 radical (unpaired) electrons. The van der Waals surface area contributed by atoms with Crippen LogP contribution < -0.4 is 0 Å². The van der Waals surface area contributed by atoms with Crippen LogP contribution in [-0.2, 0) is 22.4 Å². The molecule has 0 N–H and O–H groups in total. The predicted molar refractivity (Wildman–Crippen MR) is 121 cm³/mol. The Labute approximate surface area is 189 Å². The Morgan fingerprint density at radius 3 is 1.36 bits per heavy atom. The first-order chi connectivity index (χ1) is 13.4. The molecular formula is C26H38AuP+. The minimum Gasteiger partial charge on any atom is -0.0622 e. The van der Waals surface area contributed by atoms with Crippen molar-refractivity contribution in [1.29, 1.82) is 0 Å². The summed E-state index contributed by atoms with van der Waals surface area (Å²) in [4.78, 5) is 0. The molecule has 1 aromatic rings. The maximum atomic E-state index is 4.22. The van der Waals surface area contributed by atoms with Gasteiger partial charge in [-0.25, -0.2) is 0 Å². The molecule has 0 spiro atoms. The first-order valence-corrected chi connectivity index (χ1v) is 13.9. The van der Waals surface area contributed by atoms with Crippen LogP contribution in [0.4, 0.5) is 0 Å². The van der Waals surface area contributed by atoms with Crippen molar-refractivity contribution in [3.8, 4) is 11.6 Å². The zero-order valence-corrected chi connectivity index (χ0v) is 20.5. The average Bonchev–Trinajstić information content (AvgIpc) is 2.77. The Kier molecular flexibility index (Phi) is 9.19. The molecule has 2 heteroatoms. The minimum atomic E-state index is -1.25. The van der Waals surface area contributed by atoms with Gasteiger partial charge in [-0.2, -0.15) is 0 Å². The second-order valence-electron chi connectivity index (χ2n) is 9.31. The van der Waals surface area contributed by atoms with Crippen molar-refractivity contribution in [2.45, 2.75) is 113 Å². The second-order valence-corrected chi connectivity index (χ2v) is 13.4. The van der Waals surface area contributed by atoms with Crippen LogP contribution in [0.5, 0.6) is 0 Å². The summed E-state index contributed by atoms with van der Waals surface area (Å²) < 4.78 is 0. The van der Waals surface area contributed by atoms with Gasteiger partial charge in [-0.15, -0.1) is 0 Å². The molecule has 4 rings (SSSR count). The van der Waals surface area contributed by atoms with E-state index < -0.39 is 7.26 Å². The zero-order valence-electron chi connectivity index (χ0n) is 17.5. The molecule has 1 aromatic carbocycles. The van der Waals surface area contributed by atoms with E-state index in [1.807, 2.05) is 0 Å². The van der Waals surface area contributed by atoms with E-state index in [9.17, 15) is 0 Å². The van der Waals surface area contributed by atoms with Crippen molar-refractivity contribution in [2.75, 3.05) is 0 Å².